The summed E-state index contributed by atoms with van der Waals surface area (Å²) in [5.41, 5.74) is 0.495. The van der Waals surface area contributed by atoms with E-state index in [4.69, 9.17) is 5.26 Å². The van der Waals surface area contributed by atoms with Crippen LogP contribution in [0.2, 0.25) is 0 Å². The fourth-order valence-electron chi connectivity index (χ4n) is 1.02. The van der Waals surface area contributed by atoms with E-state index in [1.54, 1.807) is 19.0 Å². The van der Waals surface area contributed by atoms with E-state index in [2.05, 4.69) is 4.99 Å². The van der Waals surface area contributed by atoms with Gasteiger partial charge in [0.1, 0.15) is 6.07 Å². The molecule has 1 aromatic rings. The average molecular weight is 218 g/mol. The molecule has 0 saturated carbocycles. The summed E-state index contributed by atoms with van der Waals surface area (Å²) in [7, 11) is 3.59. The zero-order chi connectivity index (χ0) is 12.1. The lowest BCUT2D eigenvalue weighted by atomic mass is 10.2. The molecule has 0 saturated heterocycles. The summed E-state index contributed by atoms with van der Waals surface area (Å²) >= 11 is 0. The molecule has 0 N–H and O–H groups in total. The van der Waals surface area contributed by atoms with Crippen molar-refractivity contribution in [1.29, 1.82) is 5.26 Å². The second-order valence-electron chi connectivity index (χ2n) is 3.28. The van der Waals surface area contributed by atoms with E-state index in [0.717, 1.165) is 0 Å². The third kappa shape index (κ3) is 2.78. The minimum atomic E-state index is -0.541. The smallest absolute Gasteiger partial charge is 0.270 e. The number of non-ortho nitro benzene ring substituents is 1. The van der Waals surface area contributed by atoms with Gasteiger partial charge in [-0.2, -0.15) is 5.26 Å². The third-order valence-electron chi connectivity index (χ3n) is 1.74. The summed E-state index contributed by atoms with van der Waals surface area (Å²) in [6, 6.07) is 5.87. The number of nitrogens with zero attached hydrogens (tertiary/aromatic N) is 4. The highest BCUT2D eigenvalue weighted by Crippen LogP contribution is 2.23. The number of aliphatic imine (C=N–C) groups is 1. The molecule has 0 aromatic heterocycles. The largest absolute Gasteiger partial charge is 0.369 e. The highest BCUT2D eigenvalue weighted by atomic mass is 16.6. The molecule has 6 heteroatoms. The molecule has 16 heavy (non-hydrogen) atoms. The van der Waals surface area contributed by atoms with Gasteiger partial charge in [-0.25, -0.2) is 4.99 Å². The second-order valence-corrected chi connectivity index (χ2v) is 3.28. The molecular weight excluding hydrogens is 208 g/mol. The van der Waals surface area contributed by atoms with Crippen molar-refractivity contribution in [3.63, 3.8) is 0 Å². The topological polar surface area (TPSA) is 82.5 Å². The Morgan fingerprint density at radius 2 is 2.25 bits per heavy atom. The van der Waals surface area contributed by atoms with Gasteiger partial charge in [0.25, 0.3) is 5.69 Å². The highest BCUT2D eigenvalue weighted by molar-refractivity contribution is 5.66. The van der Waals surface area contributed by atoms with E-state index in [0.29, 0.717) is 5.69 Å². The van der Waals surface area contributed by atoms with Crippen molar-refractivity contribution in [2.75, 3.05) is 14.1 Å². The van der Waals surface area contributed by atoms with Crippen LogP contribution in [0.15, 0.2) is 23.2 Å². The number of benzene rings is 1. The van der Waals surface area contributed by atoms with E-state index in [9.17, 15) is 10.1 Å². The molecule has 0 fully saturated rings. The van der Waals surface area contributed by atoms with Gasteiger partial charge in [0.15, 0.2) is 0 Å². The lowest BCUT2D eigenvalue weighted by molar-refractivity contribution is -0.384. The van der Waals surface area contributed by atoms with Crippen molar-refractivity contribution in [1.82, 2.24) is 4.90 Å². The van der Waals surface area contributed by atoms with Gasteiger partial charge in [-0.05, 0) is 6.07 Å². The lowest BCUT2D eigenvalue weighted by Gasteiger charge is -2.03. The van der Waals surface area contributed by atoms with Gasteiger partial charge in [-0.3, -0.25) is 10.1 Å². The first-order chi connectivity index (χ1) is 7.54. The predicted octanol–water partition coefficient (Wildman–Crippen LogP) is 1.69. The molecule has 0 amide bonds. The summed E-state index contributed by atoms with van der Waals surface area (Å²) in [5.74, 6) is 0. The van der Waals surface area contributed by atoms with E-state index in [-0.39, 0.29) is 11.3 Å². The van der Waals surface area contributed by atoms with Crippen molar-refractivity contribution < 1.29 is 4.92 Å². The Morgan fingerprint density at radius 3 is 2.75 bits per heavy atom. The van der Waals surface area contributed by atoms with Gasteiger partial charge in [0.2, 0.25) is 0 Å². The summed E-state index contributed by atoms with van der Waals surface area (Å²) in [4.78, 5) is 15.7. The maximum Gasteiger partial charge on any atom is 0.270 e. The van der Waals surface area contributed by atoms with Crippen LogP contribution in [0, 0.1) is 21.4 Å². The normalized spacial score (nSPS) is 10.1. The Morgan fingerprint density at radius 1 is 1.56 bits per heavy atom. The fraction of sp³-hybridized carbons (Fsp3) is 0.200. The number of nitro benzene ring substituents is 1. The third-order valence-corrected chi connectivity index (χ3v) is 1.74. The standard InChI is InChI=1S/C10H10N4O2/c1-13(2)7-12-10-4-3-9(14(15)16)5-8(10)6-11/h3-5,7H,1-2H3/b12-7-. The lowest BCUT2D eigenvalue weighted by Crippen LogP contribution is -2.07. The quantitative estimate of drug-likeness (QED) is 0.334. The number of nitro groups is 1. The SMILES string of the molecule is CN(C)/C=N\c1ccc([N+](=O)[O-])cc1C#N. The van der Waals surface area contributed by atoms with Crippen LogP contribution < -0.4 is 0 Å². The Kier molecular flexibility index (Phi) is 3.56. The predicted molar refractivity (Wildman–Crippen MR) is 59.7 cm³/mol. The van der Waals surface area contributed by atoms with Crippen LogP contribution in [0.3, 0.4) is 0 Å². The Bertz CT molecular complexity index is 474. The molecular formula is C10H10N4O2. The molecule has 1 rings (SSSR count). The number of hydrogen-bond donors (Lipinski definition) is 0. The Hall–Kier alpha value is -2.42. The van der Waals surface area contributed by atoms with Crippen molar-refractivity contribution >= 4 is 17.7 Å². The monoisotopic (exact) mass is 218 g/mol. The van der Waals surface area contributed by atoms with E-state index >= 15 is 0 Å². The van der Waals surface area contributed by atoms with Crippen LogP contribution in [-0.4, -0.2) is 30.3 Å². The van der Waals surface area contributed by atoms with Gasteiger partial charge in [-0.1, -0.05) is 0 Å². The van der Waals surface area contributed by atoms with Gasteiger partial charge in [0, 0.05) is 26.2 Å². The maximum absolute atomic E-state index is 10.5. The molecule has 0 aliphatic rings. The second kappa shape index (κ2) is 4.89. The van der Waals surface area contributed by atoms with Crippen molar-refractivity contribution in [3.8, 4) is 6.07 Å². The minimum Gasteiger partial charge on any atom is -0.369 e. The van der Waals surface area contributed by atoms with E-state index in [1.165, 1.54) is 24.5 Å². The van der Waals surface area contributed by atoms with Gasteiger partial charge >= 0.3 is 0 Å². The zero-order valence-corrected chi connectivity index (χ0v) is 8.91. The van der Waals surface area contributed by atoms with Crippen molar-refractivity contribution in [2.24, 2.45) is 4.99 Å². The van der Waals surface area contributed by atoms with E-state index < -0.39 is 4.92 Å². The summed E-state index contributed by atoms with van der Waals surface area (Å²) in [5, 5.41) is 19.3. The molecule has 0 aliphatic heterocycles. The van der Waals surface area contributed by atoms with Crippen LogP contribution in [0.1, 0.15) is 5.56 Å². The van der Waals surface area contributed by atoms with Crippen LogP contribution in [0.5, 0.6) is 0 Å². The van der Waals surface area contributed by atoms with Crippen molar-refractivity contribution in [2.45, 2.75) is 0 Å². The molecule has 0 spiro atoms. The molecule has 82 valence electrons. The summed E-state index contributed by atoms with van der Waals surface area (Å²) in [6.07, 6.45) is 1.53. The van der Waals surface area contributed by atoms with Crippen LogP contribution in [-0.2, 0) is 0 Å². The molecule has 0 heterocycles. The van der Waals surface area contributed by atoms with Crippen molar-refractivity contribution in [3.05, 3.63) is 33.9 Å². The molecule has 0 radical (unpaired) electrons. The van der Waals surface area contributed by atoms with Crippen LogP contribution >= 0.6 is 0 Å². The molecule has 0 bridgehead atoms. The van der Waals surface area contributed by atoms with Gasteiger partial charge in [0.05, 0.1) is 22.5 Å². The Labute approximate surface area is 92.6 Å². The fourth-order valence-corrected chi connectivity index (χ4v) is 1.02. The first-order valence-corrected chi connectivity index (χ1v) is 4.43. The van der Waals surface area contributed by atoms with E-state index in [1.807, 2.05) is 6.07 Å². The molecule has 0 aliphatic carbocycles. The maximum atomic E-state index is 10.5. The van der Waals surface area contributed by atoms with Gasteiger partial charge in [-0.15, -0.1) is 0 Å². The number of hydrogen-bond acceptors (Lipinski definition) is 4. The molecule has 1 aromatic carbocycles. The zero-order valence-electron chi connectivity index (χ0n) is 8.91. The number of rotatable bonds is 3. The number of nitriles is 1. The molecule has 0 atom stereocenters. The first-order valence-electron chi connectivity index (χ1n) is 4.43. The van der Waals surface area contributed by atoms with Crippen LogP contribution in [0.25, 0.3) is 0 Å². The van der Waals surface area contributed by atoms with Gasteiger partial charge < -0.3 is 4.90 Å². The highest BCUT2D eigenvalue weighted by Gasteiger charge is 2.09. The molecule has 0 unspecified atom stereocenters. The van der Waals surface area contributed by atoms with Crippen LogP contribution in [0.4, 0.5) is 11.4 Å². The summed E-state index contributed by atoms with van der Waals surface area (Å²) < 4.78 is 0. The molecule has 6 nitrogen and oxygen atoms in total. The Balaban J connectivity index is 3.13. The first kappa shape index (κ1) is 11.7. The summed E-state index contributed by atoms with van der Waals surface area (Å²) in [6.45, 7) is 0. The minimum absolute atomic E-state index is 0.111. The average Bonchev–Trinajstić information content (AvgIpc) is 2.25.